The number of aromatic nitrogens is 3. The number of piperidine rings is 1. The van der Waals surface area contributed by atoms with Crippen LogP contribution >= 0.6 is 0 Å². The molecule has 2 rings (SSSR count). The van der Waals surface area contributed by atoms with E-state index in [1.54, 1.807) is 0 Å². The van der Waals surface area contributed by atoms with Crippen LogP contribution < -0.4 is 11.0 Å². The lowest BCUT2D eigenvalue weighted by Gasteiger charge is -2.21. The molecule has 0 saturated carbocycles. The van der Waals surface area contributed by atoms with Gasteiger partial charge in [0, 0.05) is 19.0 Å². The van der Waals surface area contributed by atoms with Crippen molar-refractivity contribution < 1.29 is 8.78 Å². The van der Waals surface area contributed by atoms with E-state index in [1.165, 1.54) is 4.57 Å². The third-order valence-corrected chi connectivity index (χ3v) is 3.24. The Balaban J connectivity index is 2.30. The summed E-state index contributed by atoms with van der Waals surface area (Å²) in [4.78, 5) is 11.9. The van der Waals surface area contributed by atoms with E-state index < -0.39 is 18.7 Å². The zero-order valence-electron chi connectivity index (χ0n) is 10.4. The van der Waals surface area contributed by atoms with E-state index in [9.17, 15) is 13.6 Å². The van der Waals surface area contributed by atoms with Crippen LogP contribution in [0.15, 0.2) is 4.79 Å². The van der Waals surface area contributed by atoms with Crippen molar-refractivity contribution in [1.29, 1.82) is 0 Å². The van der Waals surface area contributed by atoms with Crippen molar-refractivity contribution in [2.75, 3.05) is 13.1 Å². The minimum Gasteiger partial charge on any atom is -0.316 e. The molecule has 0 aliphatic carbocycles. The standard InChI is InChI=1S/C11H18F2N4O/c1-2-16-10(8-4-3-5-14-6-8)15-17(11(16)18)7-9(12)13/h8-9,14H,2-7H2,1H3/t8-/m1/s1. The molecule has 0 amide bonds. The molecule has 0 bridgehead atoms. The van der Waals surface area contributed by atoms with E-state index >= 15 is 0 Å². The Hall–Kier alpha value is -1.24. The van der Waals surface area contributed by atoms with Crippen LogP contribution in [0.1, 0.15) is 31.5 Å². The smallest absolute Gasteiger partial charge is 0.316 e. The molecule has 1 aromatic rings. The van der Waals surface area contributed by atoms with Gasteiger partial charge in [0.2, 0.25) is 0 Å². The lowest BCUT2D eigenvalue weighted by Crippen LogP contribution is -2.31. The molecule has 0 spiro atoms. The van der Waals surface area contributed by atoms with Gasteiger partial charge in [-0.1, -0.05) is 0 Å². The van der Waals surface area contributed by atoms with Crippen molar-refractivity contribution in [2.45, 2.75) is 45.2 Å². The molecule has 1 aliphatic heterocycles. The first-order valence-corrected chi connectivity index (χ1v) is 6.30. The molecule has 0 aromatic carbocycles. The highest BCUT2D eigenvalue weighted by Gasteiger charge is 2.23. The largest absolute Gasteiger partial charge is 0.346 e. The average molecular weight is 260 g/mol. The molecule has 18 heavy (non-hydrogen) atoms. The first-order chi connectivity index (χ1) is 8.63. The molecule has 0 radical (unpaired) electrons. The van der Waals surface area contributed by atoms with Gasteiger partial charge in [0.05, 0.1) is 0 Å². The Labute approximate surface area is 104 Å². The normalized spacial score (nSPS) is 20.6. The number of halogens is 2. The lowest BCUT2D eigenvalue weighted by molar-refractivity contribution is 0.120. The van der Waals surface area contributed by atoms with E-state index in [-0.39, 0.29) is 5.92 Å². The van der Waals surface area contributed by atoms with Crippen molar-refractivity contribution in [2.24, 2.45) is 0 Å². The van der Waals surface area contributed by atoms with Crippen molar-refractivity contribution in [3.8, 4) is 0 Å². The molecule has 5 nitrogen and oxygen atoms in total. The predicted octanol–water partition coefficient (Wildman–Crippen LogP) is 0.797. The monoisotopic (exact) mass is 260 g/mol. The fourth-order valence-electron chi connectivity index (χ4n) is 2.38. The predicted molar refractivity (Wildman–Crippen MR) is 63.0 cm³/mol. The second-order valence-electron chi connectivity index (χ2n) is 4.50. The molecule has 1 N–H and O–H groups in total. The zero-order chi connectivity index (χ0) is 13.1. The van der Waals surface area contributed by atoms with Crippen LogP contribution in [0, 0.1) is 0 Å². The molecule has 2 heterocycles. The van der Waals surface area contributed by atoms with Crippen molar-refractivity contribution in [1.82, 2.24) is 19.7 Å². The number of alkyl halides is 2. The molecular weight excluding hydrogens is 242 g/mol. The van der Waals surface area contributed by atoms with Crippen LogP contribution in [-0.4, -0.2) is 33.9 Å². The van der Waals surface area contributed by atoms with Crippen molar-refractivity contribution >= 4 is 0 Å². The SMILES string of the molecule is CCn1c([C@@H]2CCCNC2)nn(CC(F)F)c1=O. The Morgan fingerprint density at radius 1 is 1.56 bits per heavy atom. The number of rotatable bonds is 4. The van der Waals surface area contributed by atoms with Crippen molar-refractivity contribution in [3.63, 3.8) is 0 Å². The van der Waals surface area contributed by atoms with E-state index in [2.05, 4.69) is 10.4 Å². The number of nitrogens with zero attached hydrogens (tertiary/aromatic N) is 3. The van der Waals surface area contributed by atoms with Gasteiger partial charge in [-0.05, 0) is 26.3 Å². The maximum absolute atomic E-state index is 12.4. The van der Waals surface area contributed by atoms with Gasteiger partial charge in [-0.2, -0.15) is 5.10 Å². The molecule has 7 heteroatoms. The quantitative estimate of drug-likeness (QED) is 0.871. The fraction of sp³-hybridized carbons (Fsp3) is 0.818. The Bertz CT molecular complexity index is 448. The first-order valence-electron chi connectivity index (χ1n) is 6.30. The highest BCUT2D eigenvalue weighted by atomic mass is 19.3. The second-order valence-corrected chi connectivity index (χ2v) is 4.50. The Morgan fingerprint density at radius 2 is 2.33 bits per heavy atom. The van der Waals surface area contributed by atoms with E-state index in [0.717, 1.165) is 30.6 Å². The molecular formula is C11H18F2N4O. The molecule has 0 unspecified atom stereocenters. The number of hydrogen-bond donors (Lipinski definition) is 1. The third kappa shape index (κ3) is 2.60. The summed E-state index contributed by atoms with van der Waals surface area (Å²) in [7, 11) is 0. The molecule has 1 atom stereocenters. The van der Waals surface area contributed by atoms with E-state index in [1.807, 2.05) is 6.92 Å². The van der Waals surface area contributed by atoms with Gasteiger partial charge in [0.1, 0.15) is 12.4 Å². The highest BCUT2D eigenvalue weighted by Crippen LogP contribution is 2.20. The van der Waals surface area contributed by atoms with Crippen LogP contribution in [0.2, 0.25) is 0 Å². The zero-order valence-corrected chi connectivity index (χ0v) is 10.4. The summed E-state index contributed by atoms with van der Waals surface area (Å²) in [6, 6.07) is 0. The maximum Gasteiger partial charge on any atom is 0.346 e. The summed E-state index contributed by atoms with van der Waals surface area (Å²) in [5, 5.41) is 7.33. The minimum atomic E-state index is -2.56. The minimum absolute atomic E-state index is 0.144. The Morgan fingerprint density at radius 3 is 2.89 bits per heavy atom. The van der Waals surface area contributed by atoms with Gasteiger partial charge < -0.3 is 5.32 Å². The van der Waals surface area contributed by atoms with Gasteiger partial charge in [0.15, 0.2) is 0 Å². The number of nitrogens with one attached hydrogen (secondary N) is 1. The lowest BCUT2D eigenvalue weighted by atomic mass is 9.99. The summed E-state index contributed by atoms with van der Waals surface area (Å²) in [5.74, 6) is 0.778. The van der Waals surface area contributed by atoms with Gasteiger partial charge in [0.25, 0.3) is 6.43 Å². The third-order valence-electron chi connectivity index (χ3n) is 3.24. The summed E-state index contributed by atoms with van der Waals surface area (Å²) in [5.41, 5.74) is -0.432. The van der Waals surface area contributed by atoms with Crippen molar-refractivity contribution in [3.05, 3.63) is 16.3 Å². The fourth-order valence-corrected chi connectivity index (χ4v) is 2.38. The van der Waals surface area contributed by atoms with E-state index in [0.29, 0.717) is 12.4 Å². The maximum atomic E-state index is 12.4. The summed E-state index contributed by atoms with van der Waals surface area (Å²) in [6.07, 6.45) is -0.595. The molecule has 1 aliphatic rings. The Kier molecular flexibility index (Phi) is 4.11. The summed E-state index contributed by atoms with van der Waals surface area (Å²) >= 11 is 0. The number of hydrogen-bond acceptors (Lipinski definition) is 3. The second kappa shape index (κ2) is 5.60. The molecule has 1 saturated heterocycles. The van der Waals surface area contributed by atoms with Crippen LogP contribution in [0.4, 0.5) is 8.78 Å². The first kappa shape index (κ1) is 13.2. The van der Waals surface area contributed by atoms with E-state index in [4.69, 9.17) is 0 Å². The van der Waals surface area contributed by atoms with Crippen LogP contribution in [-0.2, 0) is 13.1 Å². The molecule has 102 valence electrons. The molecule has 1 fully saturated rings. The summed E-state index contributed by atoms with van der Waals surface area (Å²) < 4.78 is 27.1. The topological polar surface area (TPSA) is 51.9 Å². The van der Waals surface area contributed by atoms with Gasteiger partial charge >= 0.3 is 5.69 Å². The highest BCUT2D eigenvalue weighted by molar-refractivity contribution is 5.00. The van der Waals surface area contributed by atoms with Gasteiger partial charge in [-0.3, -0.25) is 4.57 Å². The van der Waals surface area contributed by atoms with Gasteiger partial charge in [-0.15, -0.1) is 0 Å². The van der Waals surface area contributed by atoms with Crippen LogP contribution in [0.5, 0.6) is 0 Å². The van der Waals surface area contributed by atoms with Crippen LogP contribution in [0.3, 0.4) is 0 Å². The summed E-state index contributed by atoms with van der Waals surface area (Å²) in [6.45, 7) is 3.39. The van der Waals surface area contributed by atoms with Crippen LogP contribution in [0.25, 0.3) is 0 Å². The molecule has 1 aromatic heterocycles. The van der Waals surface area contributed by atoms with Gasteiger partial charge in [-0.25, -0.2) is 18.3 Å². The average Bonchev–Trinajstić information content (AvgIpc) is 2.67.